The van der Waals surface area contributed by atoms with Gasteiger partial charge in [0.25, 0.3) is 0 Å². The van der Waals surface area contributed by atoms with Gasteiger partial charge in [-0.25, -0.2) is 15.0 Å². The Hall–Kier alpha value is -2.47. The molecule has 2 rings (SSSR count). The Morgan fingerprint density at radius 2 is 1.96 bits per heavy atom. The number of rotatable bonds is 5. The number of aryl methyl sites for hydroxylation is 2. The number of hydrogen-bond donors (Lipinski definition) is 1. The van der Waals surface area contributed by atoms with E-state index >= 15 is 0 Å². The Bertz CT molecular complexity index is 779. The van der Waals surface area contributed by atoms with Crippen molar-refractivity contribution in [1.29, 1.82) is 0 Å². The van der Waals surface area contributed by atoms with E-state index in [1.807, 2.05) is 18.4 Å². The molecule has 0 saturated carbocycles. The summed E-state index contributed by atoms with van der Waals surface area (Å²) in [4.78, 5) is 23.8. The standard InChI is InChI=1S/C18H20N4OS/c1-12-9-13(2)11-15(10-12)21-18-19-7-5-16(22-18)17(24-4)20-14(3)6-8-23/h5-11H,1-4H3,(H,19,21,22)/b14-6+,20-17?. The monoisotopic (exact) mass is 340 g/mol. The van der Waals surface area contributed by atoms with Crippen LogP contribution in [0, 0.1) is 13.8 Å². The van der Waals surface area contributed by atoms with Crippen LogP contribution in [0.4, 0.5) is 11.6 Å². The van der Waals surface area contributed by atoms with Crippen LogP contribution in [0.5, 0.6) is 0 Å². The van der Waals surface area contributed by atoms with E-state index in [1.54, 1.807) is 19.2 Å². The topological polar surface area (TPSA) is 67.2 Å². The minimum atomic E-state index is 0.510. The highest BCUT2D eigenvalue weighted by Gasteiger charge is 2.07. The number of nitrogens with zero attached hydrogens (tertiary/aromatic N) is 3. The third-order valence-corrected chi connectivity index (χ3v) is 3.82. The number of nitrogens with one attached hydrogen (secondary N) is 1. The molecule has 0 spiro atoms. The lowest BCUT2D eigenvalue weighted by atomic mass is 10.1. The molecule has 0 aliphatic carbocycles. The predicted octanol–water partition coefficient (Wildman–Crippen LogP) is 4.05. The number of thioether (sulfide) groups is 1. The number of carbonyl (C=O) groups is 1. The number of aliphatic imine (C=N–C) groups is 1. The molecular weight excluding hydrogens is 320 g/mol. The molecule has 1 N–H and O–H groups in total. The summed E-state index contributed by atoms with van der Waals surface area (Å²) in [7, 11) is 0. The average molecular weight is 340 g/mol. The van der Waals surface area contributed by atoms with Crippen molar-refractivity contribution in [2.24, 2.45) is 4.99 Å². The molecule has 6 heteroatoms. The summed E-state index contributed by atoms with van der Waals surface area (Å²) in [5.41, 5.74) is 4.65. The highest BCUT2D eigenvalue weighted by molar-refractivity contribution is 8.13. The molecule has 0 amide bonds. The van der Waals surface area contributed by atoms with Crippen LogP contribution in [-0.2, 0) is 4.79 Å². The summed E-state index contributed by atoms with van der Waals surface area (Å²) in [5.74, 6) is 0.510. The van der Waals surface area contributed by atoms with Crippen molar-refractivity contribution in [3.63, 3.8) is 0 Å². The Morgan fingerprint density at radius 1 is 1.25 bits per heavy atom. The molecule has 1 heterocycles. The minimum absolute atomic E-state index is 0.510. The molecule has 0 atom stereocenters. The first kappa shape index (κ1) is 17.9. The largest absolute Gasteiger partial charge is 0.324 e. The third kappa shape index (κ3) is 5.03. The molecule has 5 nitrogen and oxygen atoms in total. The quantitative estimate of drug-likeness (QED) is 0.385. The fraction of sp³-hybridized carbons (Fsp3) is 0.222. The smallest absolute Gasteiger partial charge is 0.227 e. The van der Waals surface area contributed by atoms with Gasteiger partial charge in [-0.05, 0) is 62.4 Å². The second-order valence-electron chi connectivity index (χ2n) is 5.33. The number of carbonyl (C=O) groups excluding carboxylic acids is 1. The van der Waals surface area contributed by atoms with Crippen LogP contribution in [0.15, 0.2) is 47.2 Å². The average Bonchev–Trinajstić information content (AvgIpc) is 2.52. The van der Waals surface area contributed by atoms with Crippen molar-refractivity contribution in [1.82, 2.24) is 9.97 Å². The van der Waals surface area contributed by atoms with Gasteiger partial charge in [-0.2, -0.15) is 0 Å². The number of aldehydes is 1. The Kier molecular flexibility index (Phi) is 6.26. The molecular formula is C18H20N4OS. The number of anilines is 2. The Balaban J connectivity index is 2.30. The van der Waals surface area contributed by atoms with E-state index in [0.717, 1.165) is 17.0 Å². The van der Waals surface area contributed by atoms with Crippen molar-refractivity contribution >= 4 is 34.7 Å². The first-order valence-corrected chi connectivity index (χ1v) is 8.68. The minimum Gasteiger partial charge on any atom is -0.324 e. The van der Waals surface area contributed by atoms with Crippen LogP contribution >= 0.6 is 11.8 Å². The second-order valence-corrected chi connectivity index (χ2v) is 6.13. The van der Waals surface area contributed by atoms with Gasteiger partial charge in [0.1, 0.15) is 17.0 Å². The fourth-order valence-electron chi connectivity index (χ4n) is 2.22. The summed E-state index contributed by atoms with van der Waals surface area (Å²) in [6, 6.07) is 8.01. The van der Waals surface area contributed by atoms with Gasteiger partial charge in [0.15, 0.2) is 0 Å². The maximum atomic E-state index is 10.5. The summed E-state index contributed by atoms with van der Waals surface area (Å²) in [6.45, 7) is 5.88. The molecule has 0 unspecified atom stereocenters. The zero-order valence-electron chi connectivity index (χ0n) is 14.2. The van der Waals surface area contributed by atoms with E-state index in [9.17, 15) is 4.79 Å². The first-order valence-electron chi connectivity index (χ1n) is 7.45. The van der Waals surface area contributed by atoms with Gasteiger partial charge in [-0.1, -0.05) is 6.07 Å². The van der Waals surface area contributed by atoms with E-state index in [4.69, 9.17) is 0 Å². The molecule has 124 valence electrons. The molecule has 0 bridgehead atoms. The zero-order chi connectivity index (χ0) is 17.5. The van der Waals surface area contributed by atoms with Gasteiger partial charge in [-0.3, -0.25) is 4.79 Å². The number of hydrogen-bond acceptors (Lipinski definition) is 6. The number of aromatic nitrogens is 2. The van der Waals surface area contributed by atoms with Gasteiger partial charge >= 0.3 is 0 Å². The Labute approximate surface area is 146 Å². The van der Waals surface area contributed by atoms with Crippen molar-refractivity contribution < 1.29 is 4.79 Å². The summed E-state index contributed by atoms with van der Waals surface area (Å²) >= 11 is 1.47. The van der Waals surface area contributed by atoms with Gasteiger partial charge < -0.3 is 5.32 Å². The van der Waals surface area contributed by atoms with E-state index in [-0.39, 0.29) is 0 Å². The second kappa shape index (κ2) is 8.40. The van der Waals surface area contributed by atoms with Crippen LogP contribution in [0.25, 0.3) is 0 Å². The SMILES string of the molecule is CSC(=N/C(C)=C/C=O)c1ccnc(Nc2cc(C)cc(C)c2)n1. The van der Waals surface area contributed by atoms with Crippen molar-refractivity contribution in [3.8, 4) is 0 Å². The van der Waals surface area contributed by atoms with Crippen molar-refractivity contribution in [3.05, 3.63) is 59.1 Å². The molecule has 0 aliphatic heterocycles. The lowest BCUT2D eigenvalue weighted by Gasteiger charge is -2.09. The molecule has 0 radical (unpaired) electrons. The van der Waals surface area contributed by atoms with Gasteiger partial charge in [0, 0.05) is 17.6 Å². The molecule has 0 aliphatic rings. The molecule has 1 aromatic heterocycles. The first-order chi connectivity index (χ1) is 11.5. The molecule has 2 aromatic rings. The summed E-state index contributed by atoms with van der Waals surface area (Å²) in [6.07, 6.45) is 5.76. The molecule has 0 fully saturated rings. The zero-order valence-corrected chi connectivity index (χ0v) is 15.0. The van der Waals surface area contributed by atoms with E-state index in [2.05, 4.69) is 40.2 Å². The van der Waals surface area contributed by atoms with Crippen LogP contribution in [0.3, 0.4) is 0 Å². The summed E-state index contributed by atoms with van der Waals surface area (Å²) < 4.78 is 0. The number of benzene rings is 1. The molecule has 24 heavy (non-hydrogen) atoms. The van der Waals surface area contributed by atoms with Crippen LogP contribution in [-0.4, -0.2) is 27.6 Å². The molecule has 0 saturated heterocycles. The highest BCUT2D eigenvalue weighted by atomic mass is 32.2. The highest BCUT2D eigenvalue weighted by Crippen LogP contribution is 2.18. The third-order valence-electron chi connectivity index (χ3n) is 3.13. The van der Waals surface area contributed by atoms with Gasteiger partial charge in [-0.15, -0.1) is 11.8 Å². The van der Waals surface area contributed by atoms with E-state index < -0.39 is 0 Å². The van der Waals surface area contributed by atoms with E-state index in [0.29, 0.717) is 17.3 Å². The van der Waals surface area contributed by atoms with Crippen molar-refractivity contribution in [2.75, 3.05) is 11.6 Å². The fourth-order valence-corrected chi connectivity index (χ4v) is 2.78. The lowest BCUT2D eigenvalue weighted by molar-refractivity contribution is -0.104. The van der Waals surface area contributed by atoms with Gasteiger partial charge in [0.05, 0.1) is 0 Å². The summed E-state index contributed by atoms with van der Waals surface area (Å²) in [5, 5.41) is 3.96. The molecule has 1 aromatic carbocycles. The van der Waals surface area contributed by atoms with E-state index in [1.165, 1.54) is 29.0 Å². The Morgan fingerprint density at radius 3 is 2.58 bits per heavy atom. The van der Waals surface area contributed by atoms with Crippen LogP contribution < -0.4 is 5.32 Å². The van der Waals surface area contributed by atoms with Crippen molar-refractivity contribution in [2.45, 2.75) is 20.8 Å². The maximum absolute atomic E-state index is 10.5. The van der Waals surface area contributed by atoms with Crippen LogP contribution in [0.1, 0.15) is 23.7 Å². The van der Waals surface area contributed by atoms with Gasteiger partial charge in [0.2, 0.25) is 5.95 Å². The van der Waals surface area contributed by atoms with Crippen LogP contribution in [0.2, 0.25) is 0 Å². The predicted molar refractivity (Wildman–Crippen MR) is 101 cm³/mol. The lowest BCUT2D eigenvalue weighted by Crippen LogP contribution is -2.04. The maximum Gasteiger partial charge on any atom is 0.227 e. The number of allylic oxidation sites excluding steroid dienone is 2. The normalized spacial score (nSPS) is 12.2.